The molecule has 7 nitrogen and oxygen atoms in total. The topological polar surface area (TPSA) is 101 Å². The minimum Gasteiger partial charge on any atom is -0.392 e. The third-order valence-corrected chi connectivity index (χ3v) is 5.79. The highest BCUT2D eigenvalue weighted by Crippen LogP contribution is 2.43. The average molecular weight is 428 g/mol. The maximum absolute atomic E-state index is 12.2. The van der Waals surface area contributed by atoms with Crippen molar-refractivity contribution in [2.75, 3.05) is 24.5 Å². The molecule has 1 fully saturated rings. The van der Waals surface area contributed by atoms with Gasteiger partial charge >= 0.3 is 6.03 Å². The molecule has 1 aliphatic rings. The molecule has 170 valence electrons. The highest BCUT2D eigenvalue weighted by atomic mass is 16.3. The summed E-state index contributed by atoms with van der Waals surface area (Å²) in [4.78, 5) is 19.3. The maximum atomic E-state index is 12.2. The molecule has 7 heteroatoms. The number of pyridine rings is 1. The number of likely N-dealkylation sites (N-methyl/N-ethyl adjacent to an activating group) is 1. The zero-order chi connectivity index (χ0) is 23.0. The van der Waals surface area contributed by atoms with Crippen molar-refractivity contribution in [1.29, 1.82) is 5.26 Å². The fraction of sp³-hybridized carbons (Fsp3) is 0.625. The number of nitriles is 1. The molecule has 1 aliphatic carbocycles. The highest BCUT2D eigenvalue weighted by Gasteiger charge is 2.32. The Hall–Kier alpha value is -2.59. The molecule has 1 aromatic rings. The average Bonchev–Trinajstić information content (AvgIpc) is 3.59. The van der Waals surface area contributed by atoms with Crippen LogP contribution < -0.4 is 15.5 Å². The van der Waals surface area contributed by atoms with E-state index in [-0.39, 0.29) is 24.6 Å². The van der Waals surface area contributed by atoms with Gasteiger partial charge in [0.2, 0.25) is 0 Å². The molecule has 0 aliphatic heterocycles. The van der Waals surface area contributed by atoms with E-state index in [4.69, 9.17) is 4.98 Å². The monoisotopic (exact) mass is 427 g/mol. The lowest BCUT2D eigenvalue weighted by molar-refractivity contribution is 0.234. The Morgan fingerprint density at radius 1 is 1.39 bits per heavy atom. The maximum Gasteiger partial charge on any atom is 0.315 e. The van der Waals surface area contributed by atoms with Crippen LogP contribution >= 0.6 is 0 Å². The van der Waals surface area contributed by atoms with Crippen LogP contribution in [0.15, 0.2) is 12.7 Å². The summed E-state index contributed by atoms with van der Waals surface area (Å²) in [5.74, 6) is 1.24. The number of nitrogens with one attached hydrogen (secondary N) is 2. The predicted octanol–water partition coefficient (Wildman–Crippen LogP) is 3.61. The molecule has 3 N–H and O–H groups in total. The van der Waals surface area contributed by atoms with Crippen LogP contribution in [0.25, 0.3) is 0 Å². The molecule has 2 amide bonds. The number of aliphatic hydroxyl groups excluding tert-OH is 1. The molecule has 1 atom stereocenters. The summed E-state index contributed by atoms with van der Waals surface area (Å²) in [5.41, 5.74) is 3.26. The second-order valence-electron chi connectivity index (χ2n) is 8.48. The summed E-state index contributed by atoms with van der Waals surface area (Å²) in [6.07, 6.45) is 5.41. The Morgan fingerprint density at radius 3 is 2.58 bits per heavy atom. The number of aromatic nitrogens is 1. The number of anilines is 1. The van der Waals surface area contributed by atoms with Crippen LogP contribution in [0.1, 0.15) is 75.3 Å². The zero-order valence-corrected chi connectivity index (χ0v) is 19.4. The number of aliphatic hydroxyl groups is 1. The second kappa shape index (κ2) is 11.7. The summed E-state index contributed by atoms with van der Waals surface area (Å²) in [6, 6.07) is 2.02. The van der Waals surface area contributed by atoms with Gasteiger partial charge in [-0.3, -0.25) is 0 Å². The first-order valence-electron chi connectivity index (χ1n) is 11.4. The van der Waals surface area contributed by atoms with Crippen molar-refractivity contribution in [3.8, 4) is 6.07 Å². The molecule has 0 aromatic carbocycles. The van der Waals surface area contributed by atoms with Gasteiger partial charge in [0.05, 0.1) is 23.9 Å². The molecular formula is C24H37N5O2. The summed E-state index contributed by atoms with van der Waals surface area (Å²) in [7, 11) is 0. The van der Waals surface area contributed by atoms with E-state index in [9.17, 15) is 15.2 Å². The van der Waals surface area contributed by atoms with Gasteiger partial charge in [-0.1, -0.05) is 33.3 Å². The van der Waals surface area contributed by atoms with E-state index in [2.05, 4.69) is 49.0 Å². The van der Waals surface area contributed by atoms with Crippen LogP contribution in [-0.4, -0.2) is 41.8 Å². The Morgan fingerprint density at radius 2 is 2.10 bits per heavy atom. The van der Waals surface area contributed by atoms with E-state index in [1.807, 2.05) is 6.92 Å². The van der Waals surface area contributed by atoms with Crippen LogP contribution in [0.2, 0.25) is 0 Å². The smallest absolute Gasteiger partial charge is 0.315 e. The van der Waals surface area contributed by atoms with Gasteiger partial charge < -0.3 is 20.6 Å². The Kier molecular flexibility index (Phi) is 9.32. The largest absolute Gasteiger partial charge is 0.392 e. The first-order chi connectivity index (χ1) is 14.9. The lowest BCUT2D eigenvalue weighted by atomic mass is 9.95. The SMILES string of the molecule is C=CCNC(=O)NC(CN(CC)c1nc(C2CC2)c(CO)c(CCC)c1C#N)C(C)C. The van der Waals surface area contributed by atoms with Crippen LogP contribution in [0.3, 0.4) is 0 Å². The van der Waals surface area contributed by atoms with E-state index in [1.165, 1.54) is 0 Å². The molecule has 1 aromatic heterocycles. The zero-order valence-electron chi connectivity index (χ0n) is 19.4. The standard InChI is InChI=1S/C24H37N5O2/c1-6-9-18-19(13-25)23(28-22(17-10-11-17)20(18)15-30)29(8-3)14-21(16(4)5)27-24(31)26-12-7-2/h7,16-17,21,30H,2,6,8-12,14-15H2,1,3-5H3,(H2,26,27,31). The lowest BCUT2D eigenvalue weighted by Crippen LogP contribution is -2.50. The number of urea groups is 1. The van der Waals surface area contributed by atoms with Crippen molar-refractivity contribution in [3.05, 3.63) is 35.0 Å². The van der Waals surface area contributed by atoms with E-state index >= 15 is 0 Å². The van der Waals surface area contributed by atoms with E-state index in [1.54, 1.807) is 6.08 Å². The van der Waals surface area contributed by atoms with Crippen molar-refractivity contribution in [2.24, 2.45) is 5.92 Å². The van der Waals surface area contributed by atoms with Gasteiger partial charge in [-0.2, -0.15) is 5.26 Å². The molecule has 1 saturated carbocycles. The van der Waals surface area contributed by atoms with Gasteiger partial charge in [0, 0.05) is 31.1 Å². The van der Waals surface area contributed by atoms with Gasteiger partial charge in [-0.05, 0) is 37.7 Å². The molecule has 0 spiro atoms. The number of carbonyl (C=O) groups excluding carboxylic acids is 1. The number of hydrogen-bond acceptors (Lipinski definition) is 5. The summed E-state index contributed by atoms with van der Waals surface area (Å²) >= 11 is 0. The van der Waals surface area contributed by atoms with E-state index < -0.39 is 0 Å². The molecule has 1 heterocycles. The van der Waals surface area contributed by atoms with E-state index in [0.717, 1.165) is 42.5 Å². The number of hydrogen-bond donors (Lipinski definition) is 3. The summed E-state index contributed by atoms with van der Waals surface area (Å²) < 4.78 is 0. The minimum atomic E-state index is -0.232. The number of amides is 2. The Labute approximate surface area is 186 Å². The van der Waals surface area contributed by atoms with Crippen molar-refractivity contribution < 1.29 is 9.90 Å². The Bertz CT molecular complexity index is 811. The van der Waals surface area contributed by atoms with Gasteiger partial charge in [0.15, 0.2) is 0 Å². The quantitative estimate of drug-likeness (QED) is 0.442. The molecule has 1 unspecified atom stereocenters. The first-order valence-corrected chi connectivity index (χ1v) is 11.4. The van der Waals surface area contributed by atoms with Crippen LogP contribution in [0.5, 0.6) is 0 Å². The number of rotatable bonds is 12. The second-order valence-corrected chi connectivity index (χ2v) is 8.48. The van der Waals surface area contributed by atoms with Crippen molar-refractivity contribution in [3.63, 3.8) is 0 Å². The van der Waals surface area contributed by atoms with Gasteiger partial charge in [0.1, 0.15) is 11.9 Å². The molecule has 0 radical (unpaired) electrons. The predicted molar refractivity (Wildman–Crippen MR) is 124 cm³/mol. The normalized spacial score (nSPS) is 14.1. The fourth-order valence-electron chi connectivity index (χ4n) is 3.83. The lowest BCUT2D eigenvalue weighted by Gasteiger charge is -2.32. The highest BCUT2D eigenvalue weighted by molar-refractivity contribution is 5.74. The van der Waals surface area contributed by atoms with E-state index in [0.29, 0.717) is 36.9 Å². The van der Waals surface area contributed by atoms with Crippen LogP contribution in [-0.2, 0) is 13.0 Å². The van der Waals surface area contributed by atoms with Gasteiger partial charge in [0.25, 0.3) is 0 Å². The Balaban J connectivity index is 2.43. The fourth-order valence-corrected chi connectivity index (χ4v) is 3.83. The molecule has 0 saturated heterocycles. The third-order valence-electron chi connectivity index (χ3n) is 5.79. The number of nitrogens with zero attached hydrogens (tertiary/aromatic N) is 3. The van der Waals surface area contributed by atoms with Crippen molar-refractivity contribution >= 4 is 11.8 Å². The third kappa shape index (κ3) is 6.20. The van der Waals surface area contributed by atoms with Gasteiger partial charge in [-0.25, -0.2) is 9.78 Å². The van der Waals surface area contributed by atoms with Crippen molar-refractivity contribution in [1.82, 2.24) is 15.6 Å². The summed E-state index contributed by atoms with van der Waals surface area (Å²) in [6.45, 7) is 13.4. The molecule has 2 rings (SSSR count). The van der Waals surface area contributed by atoms with Crippen LogP contribution in [0, 0.1) is 17.2 Å². The van der Waals surface area contributed by atoms with Crippen molar-refractivity contribution in [2.45, 2.75) is 71.9 Å². The minimum absolute atomic E-state index is 0.0884. The molecule has 0 bridgehead atoms. The van der Waals surface area contributed by atoms with Gasteiger partial charge in [-0.15, -0.1) is 6.58 Å². The summed E-state index contributed by atoms with van der Waals surface area (Å²) in [5, 5.41) is 25.9. The molecular weight excluding hydrogens is 390 g/mol. The first kappa shape index (κ1) is 24.7. The van der Waals surface area contributed by atoms with Crippen LogP contribution in [0.4, 0.5) is 10.6 Å². The molecule has 31 heavy (non-hydrogen) atoms. The number of carbonyl (C=O) groups is 1.